The first-order valence-corrected chi connectivity index (χ1v) is 46.7. The molecule has 0 atom stereocenters. The molecule has 20 heteroatoms. The molecule has 9 rings (SSSR count). The third-order valence-electron chi connectivity index (χ3n) is 18.0. The monoisotopic (exact) mass is 1860 g/mol. The van der Waals surface area contributed by atoms with E-state index in [9.17, 15) is 19.2 Å². The predicted molar refractivity (Wildman–Crippen MR) is 563 cm³/mol. The van der Waals surface area contributed by atoms with Crippen LogP contribution in [0.25, 0.3) is 6.08 Å². The molecular weight excluding hydrogens is 1680 g/mol. The lowest BCUT2D eigenvalue weighted by molar-refractivity contribution is -0.884. The van der Waals surface area contributed by atoms with Crippen molar-refractivity contribution in [3.05, 3.63) is 286 Å². The zero-order chi connectivity index (χ0) is 103. The second kappa shape index (κ2) is 56.7. The molecule has 0 heterocycles. The van der Waals surface area contributed by atoms with E-state index in [4.69, 9.17) is 39.6 Å². The van der Waals surface area contributed by atoms with Gasteiger partial charge in [0.1, 0.15) is 105 Å². The minimum atomic E-state index is -0.471. The van der Waals surface area contributed by atoms with Gasteiger partial charge in [0.15, 0.2) is 0 Å². The maximum atomic E-state index is 11.7. The first kappa shape index (κ1) is 122. The van der Waals surface area contributed by atoms with Gasteiger partial charge in [-0.25, -0.2) is 0 Å². The number of rotatable bonds is 29. The van der Waals surface area contributed by atoms with E-state index >= 15 is 0 Å². The summed E-state index contributed by atoms with van der Waals surface area (Å²) in [6, 6.07) is 72.5. The van der Waals surface area contributed by atoms with Crippen LogP contribution in [0.5, 0.6) is 40.2 Å². The number of hydrogen-bond donors (Lipinski definition) is 0. The maximum Gasteiger partial charge on any atom is 0.316 e. The summed E-state index contributed by atoms with van der Waals surface area (Å²) in [5, 5.41) is 0. The van der Waals surface area contributed by atoms with Crippen molar-refractivity contribution >= 4 is 30.0 Å². The Kier molecular flexibility index (Phi) is 51.3. The summed E-state index contributed by atoms with van der Waals surface area (Å²) >= 11 is 0. The molecule has 0 aromatic heterocycles. The number of esters is 4. The predicted octanol–water partition coefficient (Wildman–Crippen LogP) is 21.0. The van der Waals surface area contributed by atoms with Gasteiger partial charge in [0.05, 0.1) is 215 Å². The molecule has 0 N–H and O–H groups in total. The zero-order valence-corrected chi connectivity index (χ0v) is 91.0. The Morgan fingerprint density at radius 3 is 0.778 bits per heavy atom. The largest absolute Gasteiger partial charge is 0.497 e. The maximum absolute atomic E-state index is 11.7. The van der Waals surface area contributed by atoms with Crippen LogP contribution in [0.4, 0.5) is 0 Å². The van der Waals surface area contributed by atoms with E-state index in [-0.39, 0.29) is 35.4 Å². The number of methoxy groups -OCH3 is 1. The summed E-state index contributed by atoms with van der Waals surface area (Å²) in [7, 11) is 60.2. The van der Waals surface area contributed by atoms with Crippen LogP contribution >= 0.6 is 0 Å². The summed E-state index contributed by atoms with van der Waals surface area (Å²) in [6.45, 7) is 34.1. The minimum Gasteiger partial charge on any atom is -0.497 e. The lowest BCUT2D eigenvalue weighted by Crippen LogP contribution is -2.33. The fourth-order valence-corrected chi connectivity index (χ4v) is 12.5. The highest BCUT2D eigenvalue weighted by molar-refractivity contribution is 5.78. The van der Waals surface area contributed by atoms with Crippen molar-refractivity contribution in [3.63, 3.8) is 0 Å². The number of carbonyl (C=O) groups excluding carboxylic acids is 4. The number of nitrogens with zero attached hydrogens (tertiary/aromatic N) is 9. The Hall–Kier alpha value is -10.8. The van der Waals surface area contributed by atoms with Crippen molar-refractivity contribution in [3.8, 4) is 52.6 Å². The third-order valence-corrected chi connectivity index (χ3v) is 18.0. The average Bonchev–Trinajstić information content (AvgIpc) is 0.864. The molecule has 0 bridgehead atoms. The Labute approximate surface area is 819 Å². The lowest BCUT2D eigenvalue weighted by atomic mass is 9.97. The van der Waals surface area contributed by atoms with Gasteiger partial charge in [-0.15, -0.1) is 6.42 Å². The SMILES string of the molecule is C#Cc1ccc(C[N+](C)(C)C)cc1.C=Cc1ccc(C[N+](C)(C)C)cc1.CC(=O)Oc1ccc(C[N+](C)(C)C)cc1.CC(C)(C)C(=O)Oc1ccc(C[N+](C)(C)C)cc1.CC(C)(C)Oc1ccc(C[N+](C)(C)C)cc1.CC(C)C(=O)Oc1ccc(C[N+](C)(C)C)cc1.CCC(=O)Oc1ccc(C[N+](C)(C)C)cc1.CCOc1ccc(C[N+](C)(C)C)cc1.COc1ccc(C[N+](C)(C)C)cc1. The van der Waals surface area contributed by atoms with Gasteiger partial charge in [0.25, 0.3) is 0 Å². The molecule has 20 nitrogen and oxygen atoms in total. The highest BCUT2D eigenvalue weighted by Crippen LogP contribution is 2.25. The summed E-state index contributed by atoms with van der Waals surface area (Å²) in [6.07, 6.45) is 7.55. The molecule has 0 aliphatic carbocycles. The van der Waals surface area contributed by atoms with Crippen LogP contribution < -0.4 is 33.2 Å². The van der Waals surface area contributed by atoms with E-state index in [1.54, 1.807) is 14.0 Å². The number of benzene rings is 9. The summed E-state index contributed by atoms with van der Waals surface area (Å²) < 4.78 is 45.1. The van der Waals surface area contributed by atoms with Crippen LogP contribution in [0.2, 0.25) is 0 Å². The quantitative estimate of drug-likeness (QED) is 0.0192. The molecule has 9 aromatic carbocycles. The molecular formula is C115H180N9O11+9. The molecule has 9 aromatic rings. The summed E-state index contributed by atoms with van der Waals surface area (Å²) in [4.78, 5) is 44.9. The van der Waals surface area contributed by atoms with Crippen LogP contribution in [-0.4, -0.2) is 274 Å². The molecule has 0 aliphatic heterocycles. The summed E-state index contributed by atoms with van der Waals surface area (Å²) in [5.74, 6) is 6.92. The second-order valence-electron chi connectivity index (χ2n) is 45.8. The Morgan fingerprint density at radius 1 is 0.333 bits per heavy atom. The topological polar surface area (TPSA) is 133 Å². The molecule has 0 fully saturated rings. The number of terminal acetylenes is 1. The lowest BCUT2D eigenvalue weighted by Gasteiger charge is -2.24. The van der Waals surface area contributed by atoms with Gasteiger partial charge in [-0.05, 0) is 236 Å². The van der Waals surface area contributed by atoms with Gasteiger partial charge in [-0.2, -0.15) is 0 Å². The van der Waals surface area contributed by atoms with E-state index in [0.29, 0.717) is 29.4 Å². The van der Waals surface area contributed by atoms with Crippen molar-refractivity contribution in [2.24, 2.45) is 11.3 Å². The Morgan fingerprint density at radius 2 is 0.563 bits per heavy atom. The molecule has 0 saturated heterocycles. The second-order valence-corrected chi connectivity index (χ2v) is 45.8. The van der Waals surface area contributed by atoms with Crippen molar-refractivity contribution in [1.29, 1.82) is 0 Å². The first-order chi connectivity index (χ1) is 61.8. The van der Waals surface area contributed by atoms with E-state index in [2.05, 4.69) is 308 Å². The number of ether oxygens (including phenoxy) is 7. The van der Waals surface area contributed by atoms with Gasteiger partial charge in [-0.1, -0.05) is 75.7 Å². The standard InChI is InChI=1S/C15H24NO2.C14H22NO2.C14H24NO.C13H20NO2.C12H18NO2.C12H20NO.C12H18N.C12H16N.C11H18NO/c1-15(2,3)14(17)18-13-9-7-12(8-10-13)11-16(4,5)6;1-11(2)14(16)17-13-8-6-12(7-9-13)10-15(3,4)5;1-14(2,3)16-13-9-7-12(8-10-13)11-15(4,5)6;1-5-13(15)16-12-8-6-11(7-9-12)10-14(2,3)4;1-10(14)15-12-7-5-11(6-8-12)9-13(2,3)4;1-5-14-12-8-6-11(7-9-12)10-13(2,3)4;2*1-5-11-6-8-12(9-7-11)10-13(2,3)4;1-12(2,3)9-10-5-7-11(13-4)8-6-10/h7-10H,11H2,1-6H3;6-9,11H,10H2,1-5H3;7-10H,11H2,1-6H3;6-9H,5,10H2,1-4H3;5-8H,9H2,1-4H3;6-9H,5,10H2,1-4H3;5-9H,1,10H2,2-4H3;1,6-9H,10H2,2-4H3;5-8H,9H2,1-4H3/q9*+1. The van der Waals surface area contributed by atoms with Gasteiger partial charge in [0, 0.05) is 69.0 Å². The van der Waals surface area contributed by atoms with E-state index in [0.717, 1.165) is 129 Å². The van der Waals surface area contributed by atoms with Crippen molar-refractivity contribution in [2.45, 2.75) is 147 Å². The number of carbonyl (C=O) groups is 4. The van der Waals surface area contributed by atoms with Crippen molar-refractivity contribution < 1.29 is 92.7 Å². The van der Waals surface area contributed by atoms with Crippen molar-refractivity contribution in [2.75, 3.05) is 204 Å². The molecule has 742 valence electrons. The van der Waals surface area contributed by atoms with Crippen LogP contribution in [0, 0.1) is 23.7 Å². The first-order valence-electron chi connectivity index (χ1n) is 46.7. The number of hydrogen-bond acceptors (Lipinski definition) is 11. The van der Waals surface area contributed by atoms with Crippen LogP contribution in [0.3, 0.4) is 0 Å². The fraction of sp³-hybridized carbons (Fsp3) is 0.461. The Balaban J connectivity index is 0.000000761. The van der Waals surface area contributed by atoms with Crippen LogP contribution in [-0.2, 0) is 78.1 Å². The normalized spacial score (nSPS) is 11.6. The molecule has 0 spiro atoms. The number of quaternary nitrogens is 9. The van der Waals surface area contributed by atoms with E-state index < -0.39 is 5.41 Å². The van der Waals surface area contributed by atoms with Gasteiger partial charge < -0.3 is 73.5 Å². The molecule has 0 unspecified atom stereocenters. The van der Waals surface area contributed by atoms with Crippen LogP contribution in [0.15, 0.2) is 225 Å². The van der Waals surface area contributed by atoms with Gasteiger partial charge in [0.2, 0.25) is 0 Å². The molecule has 135 heavy (non-hydrogen) atoms. The third kappa shape index (κ3) is 65.5. The van der Waals surface area contributed by atoms with E-state index in [1.165, 1.54) is 62.6 Å². The molecule has 0 amide bonds. The smallest absolute Gasteiger partial charge is 0.316 e. The molecule has 0 radical (unpaired) electrons. The summed E-state index contributed by atoms with van der Waals surface area (Å²) in [5.41, 5.74) is 13.2. The van der Waals surface area contributed by atoms with E-state index in [1.807, 2.05) is 181 Å². The highest BCUT2D eigenvalue weighted by Gasteiger charge is 2.25. The minimum absolute atomic E-state index is 0.0964. The Bertz CT molecular complexity index is 4880. The van der Waals surface area contributed by atoms with Crippen molar-refractivity contribution in [1.82, 2.24) is 0 Å². The average molecular weight is 1860 g/mol. The fourth-order valence-electron chi connectivity index (χ4n) is 12.5. The van der Waals surface area contributed by atoms with Crippen LogP contribution in [0.1, 0.15) is 144 Å². The van der Waals surface area contributed by atoms with Gasteiger partial charge >= 0.3 is 23.9 Å². The highest BCUT2D eigenvalue weighted by atomic mass is 16.5. The zero-order valence-electron chi connectivity index (χ0n) is 91.0. The molecule has 0 saturated carbocycles. The molecule has 0 aliphatic rings. The van der Waals surface area contributed by atoms with Gasteiger partial charge in [-0.3, -0.25) is 19.2 Å².